The molecule has 0 aromatic heterocycles. The predicted octanol–water partition coefficient (Wildman–Crippen LogP) is 4.11. The number of hydrogen-bond donors (Lipinski definition) is 1. The van der Waals surface area contributed by atoms with E-state index in [1.54, 1.807) is 7.11 Å². The second-order valence-electron chi connectivity index (χ2n) is 7.65. The first-order chi connectivity index (χ1) is 12.8. The molecule has 5 heteroatoms. The van der Waals surface area contributed by atoms with Gasteiger partial charge in [-0.25, -0.2) is 0 Å². The first-order valence-electron chi connectivity index (χ1n) is 9.14. The predicted molar refractivity (Wildman–Crippen MR) is 105 cm³/mol. The minimum absolute atomic E-state index is 0.0203. The molecule has 1 atom stereocenters. The quantitative estimate of drug-likeness (QED) is 0.862. The smallest absolute Gasteiger partial charge is 0.258 e. The van der Waals surface area contributed by atoms with E-state index >= 15 is 0 Å². The maximum Gasteiger partial charge on any atom is 0.258 e. The normalized spacial score (nSPS) is 17.4. The van der Waals surface area contributed by atoms with Crippen LogP contribution in [-0.4, -0.2) is 25.2 Å². The van der Waals surface area contributed by atoms with Crippen molar-refractivity contribution >= 4 is 5.91 Å². The highest BCUT2D eigenvalue weighted by molar-refractivity contribution is 5.78. The van der Waals surface area contributed by atoms with Crippen LogP contribution in [0.4, 0.5) is 0 Å². The van der Waals surface area contributed by atoms with Crippen molar-refractivity contribution in [2.75, 3.05) is 13.7 Å². The Kier molecular flexibility index (Phi) is 5.31. The largest absolute Gasteiger partial charge is 0.497 e. The molecule has 27 heavy (non-hydrogen) atoms. The van der Waals surface area contributed by atoms with Crippen LogP contribution >= 0.6 is 0 Å². The summed E-state index contributed by atoms with van der Waals surface area (Å²) in [5.74, 6) is 2.06. The van der Waals surface area contributed by atoms with E-state index < -0.39 is 0 Å². The van der Waals surface area contributed by atoms with Crippen LogP contribution in [0.5, 0.6) is 17.2 Å². The molecule has 144 valence electrons. The number of rotatable bonds is 5. The summed E-state index contributed by atoms with van der Waals surface area (Å²) in [6.45, 7) is 7.98. The number of carbonyl (C=O) groups is 1. The fraction of sp³-hybridized carbons (Fsp3) is 0.409. The van der Waals surface area contributed by atoms with Gasteiger partial charge in [-0.2, -0.15) is 0 Å². The summed E-state index contributed by atoms with van der Waals surface area (Å²) in [5.41, 5.74) is 2.68. The summed E-state index contributed by atoms with van der Waals surface area (Å²) in [6.07, 6.45) is 0.682. The molecule has 0 saturated heterocycles. The van der Waals surface area contributed by atoms with Crippen molar-refractivity contribution in [3.8, 4) is 17.2 Å². The Bertz CT molecular complexity index is 844. The van der Waals surface area contributed by atoms with Crippen LogP contribution in [0.25, 0.3) is 0 Å². The average molecular weight is 369 g/mol. The lowest BCUT2D eigenvalue weighted by atomic mass is 9.89. The number of nitrogens with one attached hydrogen (secondary N) is 1. The maximum absolute atomic E-state index is 12.5. The molecule has 1 aliphatic heterocycles. The average Bonchev–Trinajstić information content (AvgIpc) is 2.61. The van der Waals surface area contributed by atoms with Crippen molar-refractivity contribution in [2.45, 2.75) is 45.8 Å². The van der Waals surface area contributed by atoms with E-state index in [0.29, 0.717) is 6.42 Å². The molecule has 0 fully saturated rings. The highest BCUT2D eigenvalue weighted by Crippen LogP contribution is 2.41. The van der Waals surface area contributed by atoms with Gasteiger partial charge in [0, 0.05) is 18.1 Å². The first kappa shape index (κ1) is 19.1. The van der Waals surface area contributed by atoms with Crippen molar-refractivity contribution in [1.29, 1.82) is 0 Å². The summed E-state index contributed by atoms with van der Waals surface area (Å²) in [6, 6.07) is 11.5. The molecule has 1 heterocycles. The molecule has 1 aliphatic rings. The second kappa shape index (κ2) is 7.51. The number of hydrogen-bond acceptors (Lipinski definition) is 4. The van der Waals surface area contributed by atoms with E-state index in [2.05, 4.69) is 5.32 Å². The summed E-state index contributed by atoms with van der Waals surface area (Å²) >= 11 is 0. The molecule has 3 rings (SSSR count). The molecular formula is C22H27NO4. The Balaban J connectivity index is 1.71. The van der Waals surface area contributed by atoms with Gasteiger partial charge in [0.2, 0.25) is 0 Å². The monoisotopic (exact) mass is 369 g/mol. The standard InChI is InChI=1S/C22H27NO4/c1-14-6-7-15(2)19(10-14)26-13-21(24)23-18-12-22(3,4)27-20-11-16(25-5)8-9-17(18)20/h6-11,18H,12-13H2,1-5H3,(H,23,24)/t18-/m0/s1. The zero-order chi connectivity index (χ0) is 19.6. The van der Waals surface area contributed by atoms with Crippen LogP contribution in [0.1, 0.15) is 43.0 Å². The Labute approximate surface area is 160 Å². The van der Waals surface area contributed by atoms with E-state index in [0.717, 1.165) is 33.9 Å². The van der Waals surface area contributed by atoms with Gasteiger partial charge in [-0.1, -0.05) is 12.1 Å². The van der Waals surface area contributed by atoms with Gasteiger partial charge < -0.3 is 19.5 Å². The molecule has 0 aliphatic carbocycles. The highest BCUT2D eigenvalue weighted by Gasteiger charge is 2.34. The van der Waals surface area contributed by atoms with Crippen LogP contribution in [0.3, 0.4) is 0 Å². The number of benzene rings is 2. The Morgan fingerprint density at radius 3 is 2.74 bits per heavy atom. The lowest BCUT2D eigenvalue weighted by Gasteiger charge is -2.38. The van der Waals surface area contributed by atoms with Crippen molar-refractivity contribution in [1.82, 2.24) is 5.32 Å². The van der Waals surface area contributed by atoms with Gasteiger partial charge >= 0.3 is 0 Å². The third-order valence-corrected chi connectivity index (χ3v) is 4.72. The topological polar surface area (TPSA) is 56.8 Å². The zero-order valence-corrected chi connectivity index (χ0v) is 16.6. The fourth-order valence-corrected chi connectivity index (χ4v) is 3.33. The Hall–Kier alpha value is -2.69. The highest BCUT2D eigenvalue weighted by atomic mass is 16.5. The van der Waals surface area contributed by atoms with Gasteiger partial charge in [-0.15, -0.1) is 0 Å². The second-order valence-corrected chi connectivity index (χ2v) is 7.65. The van der Waals surface area contributed by atoms with Gasteiger partial charge in [0.15, 0.2) is 6.61 Å². The summed E-state index contributed by atoms with van der Waals surface area (Å²) in [5, 5.41) is 3.09. The SMILES string of the molecule is COc1ccc2c(c1)OC(C)(C)C[C@@H]2NC(=O)COc1cc(C)ccc1C. The number of carbonyl (C=O) groups excluding carboxylic acids is 1. The zero-order valence-electron chi connectivity index (χ0n) is 16.6. The molecule has 0 unspecified atom stereocenters. The molecule has 0 saturated carbocycles. The van der Waals surface area contributed by atoms with Gasteiger partial charge in [0.05, 0.1) is 13.2 Å². The van der Waals surface area contributed by atoms with Crippen molar-refractivity contribution < 1.29 is 19.0 Å². The molecule has 1 N–H and O–H groups in total. The van der Waals surface area contributed by atoms with Gasteiger partial charge in [-0.3, -0.25) is 4.79 Å². The summed E-state index contributed by atoms with van der Waals surface area (Å²) < 4.78 is 17.1. The summed E-state index contributed by atoms with van der Waals surface area (Å²) in [7, 11) is 1.62. The van der Waals surface area contributed by atoms with Gasteiger partial charge in [-0.05, 0) is 57.0 Å². The van der Waals surface area contributed by atoms with Crippen molar-refractivity contribution in [3.63, 3.8) is 0 Å². The molecule has 1 amide bonds. The summed E-state index contributed by atoms with van der Waals surface area (Å²) in [4.78, 5) is 12.5. The number of fused-ring (bicyclic) bond motifs is 1. The third kappa shape index (κ3) is 4.54. The van der Waals surface area contributed by atoms with E-state index in [4.69, 9.17) is 14.2 Å². The molecular weight excluding hydrogens is 342 g/mol. The number of aryl methyl sites for hydroxylation is 2. The number of ether oxygens (including phenoxy) is 3. The molecule has 2 aromatic carbocycles. The van der Waals surface area contributed by atoms with Crippen LogP contribution in [0.15, 0.2) is 36.4 Å². The van der Waals surface area contributed by atoms with Gasteiger partial charge in [0.1, 0.15) is 22.8 Å². The van der Waals surface area contributed by atoms with Crippen LogP contribution in [0, 0.1) is 13.8 Å². The molecule has 0 bridgehead atoms. The molecule has 0 spiro atoms. The number of amides is 1. The lowest BCUT2D eigenvalue weighted by Crippen LogP contribution is -2.42. The van der Waals surface area contributed by atoms with Crippen molar-refractivity contribution in [3.05, 3.63) is 53.1 Å². The van der Waals surface area contributed by atoms with Crippen LogP contribution in [0.2, 0.25) is 0 Å². The molecule has 2 aromatic rings. The minimum atomic E-state index is -0.384. The van der Waals surface area contributed by atoms with E-state index in [1.165, 1.54) is 0 Å². The molecule has 0 radical (unpaired) electrons. The minimum Gasteiger partial charge on any atom is -0.497 e. The third-order valence-electron chi connectivity index (χ3n) is 4.72. The van der Waals surface area contributed by atoms with E-state index in [-0.39, 0.29) is 24.2 Å². The number of methoxy groups -OCH3 is 1. The maximum atomic E-state index is 12.5. The molecule has 5 nitrogen and oxygen atoms in total. The van der Waals surface area contributed by atoms with Crippen LogP contribution < -0.4 is 19.5 Å². The van der Waals surface area contributed by atoms with E-state index in [1.807, 2.05) is 64.1 Å². The Morgan fingerprint density at radius 1 is 1.22 bits per heavy atom. The van der Waals surface area contributed by atoms with E-state index in [9.17, 15) is 4.79 Å². The fourth-order valence-electron chi connectivity index (χ4n) is 3.33. The van der Waals surface area contributed by atoms with Crippen LogP contribution in [-0.2, 0) is 4.79 Å². The van der Waals surface area contributed by atoms with Crippen molar-refractivity contribution in [2.24, 2.45) is 0 Å². The Morgan fingerprint density at radius 2 is 2.00 bits per heavy atom. The lowest BCUT2D eigenvalue weighted by molar-refractivity contribution is -0.124. The first-order valence-corrected chi connectivity index (χ1v) is 9.14. The van der Waals surface area contributed by atoms with Gasteiger partial charge in [0.25, 0.3) is 5.91 Å².